The van der Waals surface area contributed by atoms with Gasteiger partial charge in [-0.2, -0.15) is 0 Å². The Hall–Kier alpha value is -1.42. The predicted molar refractivity (Wildman–Crippen MR) is 91.8 cm³/mol. The molecule has 29 heavy (non-hydrogen) atoms. The predicted octanol–water partition coefficient (Wildman–Crippen LogP) is -5.11. The Morgan fingerprint density at radius 1 is 1.00 bits per heavy atom. The summed E-state index contributed by atoms with van der Waals surface area (Å²) in [5.41, 5.74) is 0. The maximum absolute atomic E-state index is 11.5. The van der Waals surface area contributed by atoms with Crippen molar-refractivity contribution in [2.24, 2.45) is 0 Å². The number of carbonyl (C=O) groups is 2. The number of ether oxygens (including phenoxy) is 3. The summed E-state index contributed by atoms with van der Waals surface area (Å²) in [4.78, 5) is 23.0. The Balaban J connectivity index is 2.31. The van der Waals surface area contributed by atoms with Crippen LogP contribution in [0.3, 0.4) is 0 Å². The lowest BCUT2D eigenvalue weighted by Crippen LogP contribution is -2.66. The number of aliphatic hydroxyl groups excluding tert-OH is 6. The van der Waals surface area contributed by atoms with E-state index in [1.54, 1.807) is 0 Å². The SMILES string of the molecule is CC(=O)N[C@@H]1[C@@H](O[C@H]2O[C@H](CO)[C@H](O)[C@H](O)[C@H]2NC(C)=O)[C@H]([C@H](O)CO)O[C@H]1O. The molecule has 2 aliphatic heterocycles. The van der Waals surface area contributed by atoms with Crippen LogP contribution in [0.15, 0.2) is 0 Å². The van der Waals surface area contributed by atoms with Crippen LogP contribution in [0.1, 0.15) is 13.8 Å². The lowest BCUT2D eigenvalue weighted by Gasteiger charge is -2.43. The molecule has 2 rings (SSSR count). The zero-order valence-corrected chi connectivity index (χ0v) is 15.9. The van der Waals surface area contributed by atoms with Gasteiger partial charge in [0.15, 0.2) is 12.6 Å². The van der Waals surface area contributed by atoms with Crippen molar-refractivity contribution < 1.29 is 54.4 Å². The van der Waals surface area contributed by atoms with Gasteiger partial charge in [-0.1, -0.05) is 0 Å². The van der Waals surface area contributed by atoms with Crippen LogP contribution in [0.5, 0.6) is 0 Å². The molecule has 0 aliphatic carbocycles. The molecule has 0 aromatic carbocycles. The largest absolute Gasteiger partial charge is 0.394 e. The van der Waals surface area contributed by atoms with Crippen molar-refractivity contribution in [3.05, 3.63) is 0 Å². The molecule has 0 spiro atoms. The van der Waals surface area contributed by atoms with Crippen molar-refractivity contribution in [2.45, 2.75) is 75.1 Å². The average Bonchev–Trinajstić information content (AvgIpc) is 2.95. The molecule has 0 saturated carbocycles. The molecule has 10 atom stereocenters. The third kappa shape index (κ3) is 5.39. The summed E-state index contributed by atoms with van der Waals surface area (Å²) in [7, 11) is 0. The Labute approximate surface area is 166 Å². The first-order chi connectivity index (χ1) is 13.6. The van der Waals surface area contributed by atoms with Crippen LogP contribution in [0, 0.1) is 0 Å². The molecule has 2 aliphatic rings. The first kappa shape index (κ1) is 23.9. The van der Waals surface area contributed by atoms with E-state index in [0.717, 1.165) is 6.92 Å². The summed E-state index contributed by atoms with van der Waals surface area (Å²) in [5.74, 6) is -1.12. The minimum Gasteiger partial charge on any atom is -0.394 e. The standard InChI is InChI=1S/C16H28N2O11/c1-5(21)17-9-12(25)11(24)8(4-20)27-16(9)29-14-10(18-6(2)22)15(26)28-13(14)7(23)3-19/h7-16,19-20,23-26H,3-4H2,1-2H3,(H,17,21)(H,18,22)/t7-,8-,9-,10-,11+,12-,13+,14-,15-,16-/m1/s1. The maximum Gasteiger partial charge on any atom is 0.217 e. The van der Waals surface area contributed by atoms with E-state index >= 15 is 0 Å². The van der Waals surface area contributed by atoms with E-state index in [2.05, 4.69) is 10.6 Å². The first-order valence-corrected chi connectivity index (χ1v) is 9.05. The van der Waals surface area contributed by atoms with E-state index in [1.165, 1.54) is 6.92 Å². The van der Waals surface area contributed by atoms with E-state index in [1.807, 2.05) is 0 Å². The van der Waals surface area contributed by atoms with Crippen LogP contribution in [0.25, 0.3) is 0 Å². The maximum atomic E-state index is 11.5. The molecule has 168 valence electrons. The van der Waals surface area contributed by atoms with E-state index in [0.29, 0.717) is 0 Å². The second kappa shape index (κ2) is 10.1. The highest BCUT2D eigenvalue weighted by Gasteiger charge is 2.52. The molecule has 2 amide bonds. The fourth-order valence-electron chi connectivity index (χ4n) is 3.39. The van der Waals surface area contributed by atoms with Crippen LogP contribution in [-0.2, 0) is 23.8 Å². The summed E-state index contributed by atoms with van der Waals surface area (Å²) < 4.78 is 16.4. The lowest BCUT2D eigenvalue weighted by molar-refractivity contribution is -0.288. The zero-order valence-electron chi connectivity index (χ0n) is 15.9. The van der Waals surface area contributed by atoms with Gasteiger partial charge in [-0.25, -0.2) is 0 Å². The van der Waals surface area contributed by atoms with Gasteiger partial charge in [-0.05, 0) is 0 Å². The van der Waals surface area contributed by atoms with Crippen molar-refractivity contribution in [1.82, 2.24) is 10.6 Å². The van der Waals surface area contributed by atoms with Crippen LogP contribution in [-0.4, -0.2) is 117 Å². The molecule has 13 heteroatoms. The Bertz CT molecular complexity index is 579. The summed E-state index contributed by atoms with van der Waals surface area (Å²) in [6.07, 6.45) is -11.5. The monoisotopic (exact) mass is 424 g/mol. The molecule has 2 fully saturated rings. The zero-order chi connectivity index (χ0) is 21.9. The van der Waals surface area contributed by atoms with Crippen molar-refractivity contribution in [3.63, 3.8) is 0 Å². The van der Waals surface area contributed by atoms with Crippen LogP contribution in [0.4, 0.5) is 0 Å². The third-order valence-corrected chi connectivity index (χ3v) is 4.76. The topological polar surface area (TPSA) is 207 Å². The molecule has 2 heterocycles. The van der Waals surface area contributed by atoms with Gasteiger partial charge in [0.2, 0.25) is 11.8 Å². The third-order valence-electron chi connectivity index (χ3n) is 4.76. The van der Waals surface area contributed by atoms with Crippen LogP contribution in [0.2, 0.25) is 0 Å². The minimum atomic E-state index is -1.60. The van der Waals surface area contributed by atoms with Crippen molar-refractivity contribution in [1.29, 1.82) is 0 Å². The lowest BCUT2D eigenvalue weighted by atomic mass is 9.96. The number of hydrogen-bond acceptors (Lipinski definition) is 11. The summed E-state index contributed by atoms with van der Waals surface area (Å²) in [6, 6.07) is -2.47. The van der Waals surface area contributed by atoms with E-state index < -0.39 is 86.3 Å². The summed E-state index contributed by atoms with van der Waals surface area (Å²) in [5, 5.41) is 63.9. The number of amides is 2. The average molecular weight is 424 g/mol. The highest BCUT2D eigenvalue weighted by Crippen LogP contribution is 2.30. The van der Waals surface area contributed by atoms with Gasteiger partial charge in [-0.15, -0.1) is 0 Å². The summed E-state index contributed by atoms with van der Waals surface area (Å²) >= 11 is 0. The fourth-order valence-corrected chi connectivity index (χ4v) is 3.39. The highest BCUT2D eigenvalue weighted by molar-refractivity contribution is 5.73. The Morgan fingerprint density at radius 2 is 1.59 bits per heavy atom. The molecule has 0 aromatic rings. The second-order valence-corrected chi connectivity index (χ2v) is 7.00. The van der Waals surface area contributed by atoms with Gasteiger partial charge < -0.3 is 55.5 Å². The quantitative estimate of drug-likeness (QED) is 0.194. The number of carbonyl (C=O) groups excluding carboxylic acids is 2. The number of aliphatic hydroxyl groups is 6. The molecule has 0 bridgehead atoms. The van der Waals surface area contributed by atoms with Gasteiger partial charge in [0.05, 0.1) is 13.2 Å². The van der Waals surface area contributed by atoms with Crippen molar-refractivity contribution in [2.75, 3.05) is 13.2 Å². The molecule has 8 N–H and O–H groups in total. The minimum absolute atomic E-state index is 0.544. The molecular weight excluding hydrogens is 396 g/mol. The van der Waals surface area contributed by atoms with Crippen LogP contribution < -0.4 is 10.6 Å². The molecular formula is C16H28N2O11. The molecule has 2 saturated heterocycles. The second-order valence-electron chi connectivity index (χ2n) is 7.00. The number of nitrogens with one attached hydrogen (secondary N) is 2. The molecule has 0 aromatic heterocycles. The van der Waals surface area contributed by atoms with Crippen molar-refractivity contribution >= 4 is 11.8 Å². The van der Waals surface area contributed by atoms with Crippen molar-refractivity contribution in [3.8, 4) is 0 Å². The summed E-state index contributed by atoms with van der Waals surface area (Å²) in [6.45, 7) is 0.922. The number of hydrogen-bond donors (Lipinski definition) is 8. The van der Waals surface area contributed by atoms with Gasteiger partial charge in [0.25, 0.3) is 0 Å². The smallest absolute Gasteiger partial charge is 0.217 e. The van der Waals surface area contributed by atoms with Gasteiger partial charge in [-0.3, -0.25) is 9.59 Å². The molecule has 13 nitrogen and oxygen atoms in total. The number of rotatable bonds is 7. The van der Waals surface area contributed by atoms with E-state index in [9.17, 15) is 40.2 Å². The molecule has 0 radical (unpaired) electrons. The molecule has 0 unspecified atom stereocenters. The van der Waals surface area contributed by atoms with Gasteiger partial charge in [0, 0.05) is 13.8 Å². The first-order valence-electron chi connectivity index (χ1n) is 9.05. The Morgan fingerprint density at radius 3 is 2.10 bits per heavy atom. The highest BCUT2D eigenvalue weighted by atomic mass is 16.7. The Kier molecular flexibility index (Phi) is 8.28. The fraction of sp³-hybridized carbons (Fsp3) is 0.875. The van der Waals surface area contributed by atoms with E-state index in [-0.39, 0.29) is 0 Å². The van der Waals surface area contributed by atoms with E-state index in [4.69, 9.17) is 14.2 Å². The van der Waals surface area contributed by atoms with Gasteiger partial charge >= 0.3 is 0 Å². The normalized spacial score (nSPS) is 41.0. The van der Waals surface area contributed by atoms with Crippen LogP contribution >= 0.6 is 0 Å². The van der Waals surface area contributed by atoms with Gasteiger partial charge in [0.1, 0.15) is 48.7 Å².